The van der Waals surface area contributed by atoms with E-state index in [1.54, 1.807) is 0 Å². The minimum Gasteiger partial charge on any atom is -0.479 e. The van der Waals surface area contributed by atoms with E-state index >= 15 is 0 Å². The molecule has 1 aliphatic rings. The van der Waals surface area contributed by atoms with Gasteiger partial charge < -0.3 is 39.0 Å². The van der Waals surface area contributed by atoms with Gasteiger partial charge in [0.1, 0.15) is 18.8 Å². The molecule has 1 aliphatic heterocycles. The number of hydrogen-bond donors (Lipinski definition) is 3. The number of carbonyl (C=O) groups is 4. The first-order valence-corrected chi connectivity index (χ1v) is 32.3. The van der Waals surface area contributed by atoms with Crippen molar-refractivity contribution < 1.29 is 58.2 Å². The number of esters is 3. The van der Waals surface area contributed by atoms with Gasteiger partial charge >= 0.3 is 23.9 Å². The average Bonchev–Trinajstić information content (AvgIpc) is 3.47. The van der Waals surface area contributed by atoms with Crippen LogP contribution in [-0.2, 0) is 42.9 Å². The number of carbonyl (C=O) groups excluding carboxylic acids is 3. The second-order valence-electron chi connectivity index (χ2n) is 22.0. The molecule has 0 amide bonds. The van der Waals surface area contributed by atoms with E-state index in [0.717, 1.165) is 116 Å². The minimum atomic E-state index is -1.91. The summed E-state index contributed by atoms with van der Waals surface area (Å²) in [5.41, 5.74) is 0. The maximum atomic E-state index is 13.2. The largest absolute Gasteiger partial charge is 0.479 e. The lowest BCUT2D eigenvalue weighted by atomic mass is 9.98. The molecule has 0 spiro atoms. The van der Waals surface area contributed by atoms with Crippen LogP contribution in [0.5, 0.6) is 0 Å². The summed E-state index contributed by atoms with van der Waals surface area (Å²) in [6.45, 7) is 5.88. The van der Waals surface area contributed by atoms with Gasteiger partial charge in [0.2, 0.25) is 0 Å². The first kappa shape index (κ1) is 73.4. The van der Waals surface area contributed by atoms with Crippen LogP contribution in [0.3, 0.4) is 0 Å². The van der Waals surface area contributed by atoms with E-state index in [9.17, 15) is 34.5 Å². The first-order chi connectivity index (χ1) is 38.6. The molecule has 1 rings (SSSR count). The van der Waals surface area contributed by atoms with Gasteiger partial charge in [-0.3, -0.25) is 14.4 Å². The summed E-state index contributed by atoms with van der Waals surface area (Å²) in [6.07, 6.45) is 56.1. The van der Waals surface area contributed by atoms with E-state index < -0.39 is 67.3 Å². The highest BCUT2D eigenvalue weighted by Crippen LogP contribution is 2.27. The Labute approximate surface area is 481 Å². The molecule has 1 fully saturated rings. The van der Waals surface area contributed by atoms with Crippen LogP contribution in [0.15, 0.2) is 60.8 Å². The highest BCUT2D eigenvalue weighted by atomic mass is 16.7. The van der Waals surface area contributed by atoms with E-state index in [4.69, 9.17) is 23.7 Å². The molecular weight excluding hydrogens is 997 g/mol. The molecule has 6 unspecified atom stereocenters. The molecule has 0 radical (unpaired) electrons. The van der Waals surface area contributed by atoms with E-state index in [0.29, 0.717) is 19.3 Å². The van der Waals surface area contributed by atoms with Crippen molar-refractivity contribution >= 4 is 23.9 Å². The molecule has 0 aromatic heterocycles. The second kappa shape index (κ2) is 55.0. The Balaban J connectivity index is 2.67. The number of aliphatic carboxylic acids is 1. The highest BCUT2D eigenvalue weighted by molar-refractivity contribution is 5.74. The quantitative estimate of drug-likeness (QED) is 0.0228. The predicted octanol–water partition coefficient (Wildman–Crippen LogP) is 17.1. The number of hydrogen-bond acceptors (Lipinski definition) is 11. The fourth-order valence-electron chi connectivity index (χ4n) is 9.65. The Kier molecular flexibility index (Phi) is 51.1. The molecule has 0 saturated carbocycles. The SMILES string of the molecule is CC/C=C\C/C=C\C/C=C\C/C=C\CCCCCCC(=O)OCC(COC1OC(C(=O)O)C(O)C(O)C1OC(=O)CCCCCCCCCCCCCCCCCCC)OC(=O)CCCCCCC/C=C\CCCCCCCC. The summed E-state index contributed by atoms with van der Waals surface area (Å²) >= 11 is 0. The smallest absolute Gasteiger partial charge is 0.335 e. The molecule has 12 nitrogen and oxygen atoms in total. The maximum absolute atomic E-state index is 13.2. The first-order valence-electron chi connectivity index (χ1n) is 32.3. The zero-order chi connectivity index (χ0) is 57.5. The van der Waals surface area contributed by atoms with Crippen molar-refractivity contribution in [2.24, 2.45) is 0 Å². The van der Waals surface area contributed by atoms with Gasteiger partial charge in [-0.25, -0.2) is 4.79 Å². The number of ether oxygens (including phenoxy) is 5. The molecule has 79 heavy (non-hydrogen) atoms. The van der Waals surface area contributed by atoms with Gasteiger partial charge in [0.05, 0.1) is 6.61 Å². The minimum absolute atomic E-state index is 0.0604. The number of rotatable bonds is 55. The molecular formula is C67H116O12. The molecule has 1 saturated heterocycles. The summed E-state index contributed by atoms with van der Waals surface area (Å²) in [4.78, 5) is 51.3. The summed E-state index contributed by atoms with van der Waals surface area (Å²) in [5, 5.41) is 31.6. The fourth-order valence-corrected chi connectivity index (χ4v) is 9.65. The normalized spacial score (nSPS) is 18.2. The standard InChI is InChI=1S/C67H116O12/c1-4-7-10-13-16-19-22-25-28-30-33-35-38-41-44-47-50-53-59(68)75-56-58(77-60(69)54-51-48-45-42-39-36-32-27-24-21-18-15-12-9-6-3)57-76-67-65(63(72)62(71)64(79-67)66(73)74)78-61(70)55-52-49-46-43-40-37-34-31-29-26-23-20-17-14-11-8-5-2/h7,10,16,19,25,27-28,32-33,35,58,62-65,67,71-72H,4-6,8-9,11-15,17-18,20-24,26,29-31,34,36-57H2,1-3H3,(H,73,74)/b10-7-,19-16-,28-25-,32-27-,35-33-. The predicted molar refractivity (Wildman–Crippen MR) is 322 cm³/mol. The lowest BCUT2D eigenvalue weighted by molar-refractivity contribution is -0.301. The molecule has 0 aromatic carbocycles. The van der Waals surface area contributed by atoms with Crippen molar-refractivity contribution in [2.75, 3.05) is 13.2 Å². The zero-order valence-electron chi connectivity index (χ0n) is 50.4. The van der Waals surface area contributed by atoms with Crippen LogP contribution >= 0.6 is 0 Å². The van der Waals surface area contributed by atoms with Gasteiger partial charge in [0.25, 0.3) is 0 Å². The van der Waals surface area contributed by atoms with Crippen LogP contribution in [0, 0.1) is 0 Å². The van der Waals surface area contributed by atoms with Crippen LogP contribution in [0.2, 0.25) is 0 Å². The van der Waals surface area contributed by atoms with Gasteiger partial charge in [-0.1, -0.05) is 248 Å². The van der Waals surface area contributed by atoms with Crippen molar-refractivity contribution in [2.45, 2.75) is 327 Å². The Morgan fingerprint density at radius 2 is 0.797 bits per heavy atom. The zero-order valence-corrected chi connectivity index (χ0v) is 50.4. The summed E-state index contributed by atoms with van der Waals surface area (Å²) in [7, 11) is 0. The van der Waals surface area contributed by atoms with Crippen LogP contribution < -0.4 is 0 Å². The molecule has 3 N–H and O–H groups in total. The number of allylic oxidation sites excluding steroid dienone is 10. The summed E-state index contributed by atoms with van der Waals surface area (Å²) in [5.74, 6) is -3.14. The number of unbranched alkanes of at least 4 members (excludes halogenated alkanes) is 31. The molecule has 12 heteroatoms. The topological polar surface area (TPSA) is 175 Å². The van der Waals surface area contributed by atoms with Crippen molar-refractivity contribution in [1.82, 2.24) is 0 Å². The van der Waals surface area contributed by atoms with Crippen molar-refractivity contribution in [3.8, 4) is 0 Å². The van der Waals surface area contributed by atoms with E-state index in [1.807, 2.05) is 0 Å². The number of aliphatic hydroxyl groups excluding tert-OH is 2. The summed E-state index contributed by atoms with van der Waals surface area (Å²) < 4.78 is 28.5. The third-order valence-corrected chi connectivity index (χ3v) is 14.6. The molecule has 0 bridgehead atoms. The number of carboxylic acids is 1. The third kappa shape index (κ3) is 44.7. The van der Waals surface area contributed by atoms with Crippen molar-refractivity contribution in [1.29, 1.82) is 0 Å². The Morgan fingerprint density at radius 3 is 1.23 bits per heavy atom. The van der Waals surface area contributed by atoms with Gasteiger partial charge in [-0.15, -0.1) is 0 Å². The lowest BCUT2D eigenvalue weighted by Gasteiger charge is -2.40. The van der Waals surface area contributed by atoms with E-state index in [-0.39, 0.29) is 25.9 Å². The fraction of sp³-hybridized carbons (Fsp3) is 0.791. The lowest BCUT2D eigenvalue weighted by Crippen LogP contribution is -2.61. The van der Waals surface area contributed by atoms with Gasteiger partial charge in [0, 0.05) is 19.3 Å². The van der Waals surface area contributed by atoms with E-state index in [2.05, 4.69) is 81.5 Å². The second-order valence-corrected chi connectivity index (χ2v) is 22.0. The Hall–Kier alpha value is -3.58. The monoisotopic (exact) mass is 1110 g/mol. The van der Waals surface area contributed by atoms with Crippen LogP contribution in [-0.4, -0.2) is 89.2 Å². The van der Waals surface area contributed by atoms with E-state index in [1.165, 1.54) is 116 Å². The maximum Gasteiger partial charge on any atom is 0.335 e. The van der Waals surface area contributed by atoms with Gasteiger partial charge in [0.15, 0.2) is 24.6 Å². The molecule has 6 atom stereocenters. The molecule has 0 aromatic rings. The third-order valence-electron chi connectivity index (χ3n) is 14.6. The molecule has 1 heterocycles. The number of carboxylic acid groups (broad SMARTS) is 1. The van der Waals surface area contributed by atoms with Gasteiger partial charge in [-0.05, 0) is 83.5 Å². The average molecular weight is 1110 g/mol. The van der Waals surface area contributed by atoms with Gasteiger partial charge in [-0.2, -0.15) is 0 Å². The molecule has 0 aliphatic carbocycles. The van der Waals surface area contributed by atoms with Crippen LogP contribution in [0.25, 0.3) is 0 Å². The highest BCUT2D eigenvalue weighted by Gasteiger charge is 2.50. The summed E-state index contributed by atoms with van der Waals surface area (Å²) in [6, 6.07) is 0. The number of aliphatic hydroxyl groups is 2. The Bertz CT molecular complexity index is 1600. The van der Waals surface area contributed by atoms with Crippen LogP contribution in [0.1, 0.15) is 290 Å². The Morgan fingerprint density at radius 1 is 0.430 bits per heavy atom. The van der Waals surface area contributed by atoms with Crippen molar-refractivity contribution in [3.05, 3.63) is 60.8 Å². The molecule has 456 valence electrons. The van der Waals surface area contributed by atoms with Crippen molar-refractivity contribution in [3.63, 3.8) is 0 Å². The van der Waals surface area contributed by atoms with Crippen LogP contribution in [0.4, 0.5) is 0 Å².